The van der Waals surface area contributed by atoms with Gasteiger partial charge >= 0.3 is 0 Å². The SMILES string of the molecule is O=C(CCn1cccn1)Nc1ccc(CO)cc1. The molecule has 2 N–H and O–H groups in total. The van der Waals surface area contributed by atoms with Crippen molar-refractivity contribution >= 4 is 11.6 Å². The van der Waals surface area contributed by atoms with Crippen LogP contribution in [-0.2, 0) is 17.9 Å². The number of anilines is 1. The fourth-order valence-electron chi connectivity index (χ4n) is 1.57. The highest BCUT2D eigenvalue weighted by atomic mass is 16.3. The first-order chi connectivity index (χ1) is 8.78. The first kappa shape index (κ1) is 12.3. The second-order valence-corrected chi connectivity index (χ2v) is 3.92. The van der Waals surface area contributed by atoms with Crippen LogP contribution in [0, 0.1) is 0 Å². The summed E-state index contributed by atoms with van der Waals surface area (Å²) in [7, 11) is 0. The molecule has 0 spiro atoms. The summed E-state index contributed by atoms with van der Waals surface area (Å²) in [4.78, 5) is 11.7. The lowest BCUT2D eigenvalue weighted by Gasteiger charge is -2.06. The minimum atomic E-state index is -0.0535. The van der Waals surface area contributed by atoms with Gasteiger partial charge in [-0.15, -0.1) is 0 Å². The standard InChI is InChI=1S/C13H15N3O2/c17-10-11-2-4-12(5-3-11)15-13(18)6-9-16-8-1-7-14-16/h1-5,7-8,17H,6,9-10H2,(H,15,18). The highest BCUT2D eigenvalue weighted by Crippen LogP contribution is 2.09. The number of carbonyl (C=O) groups excluding carboxylic acids is 1. The normalized spacial score (nSPS) is 10.3. The van der Waals surface area contributed by atoms with Crippen molar-refractivity contribution in [3.05, 3.63) is 48.3 Å². The molecule has 5 heteroatoms. The lowest BCUT2D eigenvalue weighted by Crippen LogP contribution is -2.14. The predicted octanol–water partition coefficient (Wildman–Crippen LogP) is 1.40. The number of hydrogen-bond donors (Lipinski definition) is 2. The molecule has 18 heavy (non-hydrogen) atoms. The Kier molecular flexibility index (Phi) is 4.09. The number of nitrogens with zero attached hydrogens (tertiary/aromatic N) is 2. The van der Waals surface area contributed by atoms with E-state index in [1.807, 2.05) is 12.3 Å². The van der Waals surface area contributed by atoms with Crippen LogP contribution in [0.1, 0.15) is 12.0 Å². The van der Waals surface area contributed by atoms with Crippen LogP contribution in [0.3, 0.4) is 0 Å². The van der Waals surface area contributed by atoms with Gasteiger partial charge in [-0.05, 0) is 23.8 Å². The molecule has 0 aliphatic rings. The summed E-state index contributed by atoms with van der Waals surface area (Å²) in [5.74, 6) is -0.0535. The molecule has 0 fully saturated rings. The Morgan fingerprint density at radius 2 is 2.11 bits per heavy atom. The third-order valence-corrected chi connectivity index (χ3v) is 2.55. The Labute approximate surface area is 105 Å². The quantitative estimate of drug-likeness (QED) is 0.836. The predicted molar refractivity (Wildman–Crippen MR) is 67.8 cm³/mol. The Morgan fingerprint density at radius 1 is 1.33 bits per heavy atom. The van der Waals surface area contributed by atoms with E-state index in [2.05, 4.69) is 10.4 Å². The van der Waals surface area contributed by atoms with Crippen molar-refractivity contribution in [3.8, 4) is 0 Å². The van der Waals surface area contributed by atoms with Gasteiger partial charge in [0.15, 0.2) is 0 Å². The van der Waals surface area contributed by atoms with Crippen molar-refractivity contribution in [2.75, 3.05) is 5.32 Å². The lowest BCUT2D eigenvalue weighted by molar-refractivity contribution is -0.116. The Bertz CT molecular complexity index is 491. The molecule has 0 aliphatic carbocycles. The van der Waals surface area contributed by atoms with Gasteiger partial charge in [0.05, 0.1) is 6.61 Å². The van der Waals surface area contributed by atoms with Gasteiger partial charge in [-0.1, -0.05) is 12.1 Å². The Hall–Kier alpha value is -2.14. The summed E-state index contributed by atoms with van der Waals surface area (Å²) in [6, 6.07) is 8.94. The average molecular weight is 245 g/mol. The molecular formula is C13H15N3O2. The van der Waals surface area contributed by atoms with Gasteiger partial charge in [0.1, 0.15) is 0 Å². The van der Waals surface area contributed by atoms with E-state index < -0.39 is 0 Å². The number of aliphatic hydroxyl groups excluding tert-OH is 1. The topological polar surface area (TPSA) is 67.2 Å². The first-order valence-electron chi connectivity index (χ1n) is 5.75. The maximum absolute atomic E-state index is 11.7. The Balaban J connectivity index is 1.83. The Morgan fingerprint density at radius 3 is 2.72 bits per heavy atom. The molecule has 0 aliphatic heterocycles. The van der Waals surface area contributed by atoms with Crippen LogP contribution in [-0.4, -0.2) is 20.8 Å². The van der Waals surface area contributed by atoms with Gasteiger partial charge in [-0.3, -0.25) is 9.48 Å². The third kappa shape index (κ3) is 3.43. The molecule has 94 valence electrons. The largest absolute Gasteiger partial charge is 0.392 e. The van der Waals surface area contributed by atoms with E-state index >= 15 is 0 Å². The zero-order chi connectivity index (χ0) is 12.8. The molecular weight excluding hydrogens is 230 g/mol. The number of aliphatic hydroxyl groups is 1. The summed E-state index contributed by atoms with van der Waals surface area (Å²) in [6.45, 7) is 0.571. The van der Waals surface area contributed by atoms with Crippen molar-refractivity contribution in [3.63, 3.8) is 0 Å². The fourth-order valence-corrected chi connectivity index (χ4v) is 1.57. The molecule has 5 nitrogen and oxygen atoms in total. The molecule has 0 saturated heterocycles. The summed E-state index contributed by atoms with van der Waals surface area (Å²) in [5.41, 5.74) is 1.56. The smallest absolute Gasteiger partial charge is 0.226 e. The number of hydrogen-bond acceptors (Lipinski definition) is 3. The number of aryl methyl sites for hydroxylation is 1. The molecule has 2 aromatic rings. The molecule has 2 rings (SSSR count). The van der Waals surface area contributed by atoms with E-state index in [9.17, 15) is 4.79 Å². The van der Waals surface area contributed by atoms with Gasteiger partial charge in [0.2, 0.25) is 5.91 Å². The minimum Gasteiger partial charge on any atom is -0.392 e. The second kappa shape index (κ2) is 5.97. The minimum absolute atomic E-state index is 0.00747. The molecule has 0 unspecified atom stereocenters. The van der Waals surface area contributed by atoms with E-state index in [-0.39, 0.29) is 12.5 Å². The van der Waals surface area contributed by atoms with Gasteiger partial charge in [0.25, 0.3) is 0 Å². The van der Waals surface area contributed by atoms with Gasteiger partial charge in [-0.25, -0.2) is 0 Å². The zero-order valence-electron chi connectivity index (χ0n) is 9.91. The van der Waals surface area contributed by atoms with Crippen LogP contribution in [0.2, 0.25) is 0 Å². The molecule has 0 bridgehead atoms. The summed E-state index contributed by atoms with van der Waals surface area (Å²) in [6.07, 6.45) is 3.89. The number of carbonyl (C=O) groups is 1. The lowest BCUT2D eigenvalue weighted by atomic mass is 10.2. The monoisotopic (exact) mass is 245 g/mol. The van der Waals surface area contributed by atoms with Crippen LogP contribution in [0.5, 0.6) is 0 Å². The van der Waals surface area contributed by atoms with Crippen molar-refractivity contribution in [1.82, 2.24) is 9.78 Å². The van der Waals surface area contributed by atoms with Crippen molar-refractivity contribution in [2.45, 2.75) is 19.6 Å². The molecule has 1 heterocycles. The van der Waals surface area contributed by atoms with Crippen LogP contribution in [0.15, 0.2) is 42.7 Å². The summed E-state index contributed by atoms with van der Waals surface area (Å²) >= 11 is 0. The zero-order valence-corrected chi connectivity index (χ0v) is 9.91. The maximum Gasteiger partial charge on any atom is 0.226 e. The van der Waals surface area contributed by atoms with E-state index in [1.54, 1.807) is 35.1 Å². The molecule has 0 radical (unpaired) electrons. The molecule has 1 aromatic carbocycles. The molecule has 1 aromatic heterocycles. The summed E-state index contributed by atoms with van der Waals surface area (Å²) in [5, 5.41) is 15.7. The van der Waals surface area contributed by atoms with Gasteiger partial charge in [0, 0.05) is 31.0 Å². The van der Waals surface area contributed by atoms with Gasteiger partial charge in [-0.2, -0.15) is 5.10 Å². The average Bonchev–Trinajstić information content (AvgIpc) is 2.90. The van der Waals surface area contributed by atoms with Crippen LogP contribution in [0.4, 0.5) is 5.69 Å². The molecule has 1 amide bonds. The number of amides is 1. The molecule has 0 saturated carbocycles. The van der Waals surface area contributed by atoms with Crippen LogP contribution >= 0.6 is 0 Å². The third-order valence-electron chi connectivity index (χ3n) is 2.55. The van der Waals surface area contributed by atoms with E-state index in [0.717, 1.165) is 11.3 Å². The van der Waals surface area contributed by atoms with E-state index in [4.69, 9.17) is 5.11 Å². The number of benzene rings is 1. The van der Waals surface area contributed by atoms with E-state index in [0.29, 0.717) is 13.0 Å². The first-order valence-corrected chi connectivity index (χ1v) is 5.75. The fraction of sp³-hybridized carbons (Fsp3) is 0.231. The van der Waals surface area contributed by atoms with Crippen LogP contribution < -0.4 is 5.32 Å². The van der Waals surface area contributed by atoms with Crippen molar-refractivity contribution < 1.29 is 9.90 Å². The second-order valence-electron chi connectivity index (χ2n) is 3.92. The van der Waals surface area contributed by atoms with Crippen LogP contribution in [0.25, 0.3) is 0 Å². The highest BCUT2D eigenvalue weighted by Gasteiger charge is 2.02. The number of aromatic nitrogens is 2. The van der Waals surface area contributed by atoms with Crippen molar-refractivity contribution in [1.29, 1.82) is 0 Å². The molecule has 0 atom stereocenters. The van der Waals surface area contributed by atoms with Crippen molar-refractivity contribution in [2.24, 2.45) is 0 Å². The number of nitrogens with one attached hydrogen (secondary N) is 1. The summed E-state index contributed by atoms with van der Waals surface area (Å²) < 4.78 is 1.72. The highest BCUT2D eigenvalue weighted by molar-refractivity contribution is 5.90. The number of rotatable bonds is 5. The maximum atomic E-state index is 11.7. The van der Waals surface area contributed by atoms with E-state index in [1.165, 1.54) is 0 Å². The van der Waals surface area contributed by atoms with Gasteiger partial charge < -0.3 is 10.4 Å².